The molecule has 5 heteroatoms. The van der Waals surface area contributed by atoms with Crippen LogP contribution in [0.2, 0.25) is 0 Å². The van der Waals surface area contributed by atoms with Crippen LogP contribution in [0.15, 0.2) is 48.5 Å². The van der Waals surface area contributed by atoms with E-state index in [0.717, 1.165) is 37.0 Å². The highest BCUT2D eigenvalue weighted by molar-refractivity contribution is 5.94. The number of fused-ring (bicyclic) bond motifs is 1. The molecule has 0 spiro atoms. The van der Waals surface area contributed by atoms with E-state index < -0.39 is 0 Å². The normalized spacial score (nSPS) is 19.0. The maximum Gasteiger partial charge on any atom is 0.309 e. The lowest BCUT2D eigenvalue weighted by Gasteiger charge is -2.23. The minimum Gasteiger partial charge on any atom is -0.493 e. The third-order valence-corrected chi connectivity index (χ3v) is 5.93. The highest BCUT2D eigenvalue weighted by Gasteiger charge is 2.45. The van der Waals surface area contributed by atoms with Crippen LogP contribution in [0.1, 0.15) is 41.3 Å². The maximum absolute atomic E-state index is 13.3. The van der Waals surface area contributed by atoms with Crippen LogP contribution in [0.4, 0.5) is 0 Å². The molecule has 158 valence electrons. The van der Waals surface area contributed by atoms with E-state index in [1.54, 1.807) is 0 Å². The third kappa shape index (κ3) is 4.84. The van der Waals surface area contributed by atoms with E-state index in [-0.39, 0.29) is 23.7 Å². The van der Waals surface area contributed by atoms with Gasteiger partial charge in [0.2, 0.25) is 0 Å². The van der Waals surface area contributed by atoms with E-state index in [4.69, 9.17) is 9.47 Å². The predicted molar refractivity (Wildman–Crippen MR) is 115 cm³/mol. The zero-order chi connectivity index (χ0) is 20.9. The Hall–Kier alpha value is -2.82. The maximum atomic E-state index is 13.3. The molecule has 0 bridgehead atoms. The number of rotatable bonds is 9. The Balaban J connectivity index is 1.42. The number of aryl methyl sites for hydroxylation is 1. The van der Waals surface area contributed by atoms with Crippen LogP contribution >= 0.6 is 0 Å². The zero-order valence-corrected chi connectivity index (χ0v) is 17.5. The molecule has 0 N–H and O–H groups in total. The minimum absolute atomic E-state index is 0.0345. The molecule has 2 aromatic carbocycles. The van der Waals surface area contributed by atoms with Crippen molar-refractivity contribution in [1.82, 2.24) is 4.90 Å². The summed E-state index contributed by atoms with van der Waals surface area (Å²) in [5.41, 5.74) is 3.07. The summed E-state index contributed by atoms with van der Waals surface area (Å²) in [5, 5.41) is 0. The van der Waals surface area contributed by atoms with E-state index in [9.17, 15) is 9.59 Å². The Bertz CT molecular complexity index is 895. The molecule has 2 aliphatic rings. The zero-order valence-electron chi connectivity index (χ0n) is 17.5. The molecule has 1 amide bonds. The van der Waals surface area contributed by atoms with Crippen LogP contribution in [-0.4, -0.2) is 43.1 Å². The van der Waals surface area contributed by atoms with Gasteiger partial charge in [-0.1, -0.05) is 30.3 Å². The fourth-order valence-corrected chi connectivity index (χ4v) is 4.17. The van der Waals surface area contributed by atoms with Gasteiger partial charge in [-0.3, -0.25) is 9.59 Å². The Labute approximate surface area is 178 Å². The lowest BCUT2D eigenvalue weighted by Crippen LogP contribution is -2.34. The third-order valence-electron chi connectivity index (χ3n) is 5.93. The summed E-state index contributed by atoms with van der Waals surface area (Å²) in [5.74, 6) is 0.915. The highest BCUT2D eigenvalue weighted by atomic mass is 16.5. The van der Waals surface area contributed by atoms with Crippen molar-refractivity contribution in [3.05, 3.63) is 65.2 Å². The SMILES string of the molecule is CCOC(=O)[C@@H]1C[C@@H]1CN(CCCc1ccccc1)C(=O)c1ccc2c(c1)CCO2. The van der Waals surface area contributed by atoms with Crippen molar-refractivity contribution < 1.29 is 19.1 Å². The van der Waals surface area contributed by atoms with E-state index in [1.807, 2.05) is 48.2 Å². The van der Waals surface area contributed by atoms with Crippen molar-refractivity contribution in [1.29, 1.82) is 0 Å². The molecule has 0 aromatic heterocycles. The molecule has 1 aliphatic heterocycles. The monoisotopic (exact) mass is 407 g/mol. The van der Waals surface area contributed by atoms with Crippen LogP contribution in [-0.2, 0) is 22.4 Å². The standard InChI is InChI=1S/C25H29NO4/c1-2-29-25(28)22-16-21(22)17-26(13-6-9-18-7-4-3-5-8-18)24(27)20-10-11-23-19(15-20)12-14-30-23/h3-5,7-8,10-11,15,21-22H,2,6,9,12-14,16-17H2,1H3/t21-,22-/m1/s1. The molecule has 30 heavy (non-hydrogen) atoms. The molecule has 1 aliphatic carbocycles. The molecule has 0 unspecified atom stereocenters. The van der Waals surface area contributed by atoms with Gasteiger partial charge in [-0.25, -0.2) is 0 Å². The van der Waals surface area contributed by atoms with Gasteiger partial charge in [0.1, 0.15) is 5.75 Å². The summed E-state index contributed by atoms with van der Waals surface area (Å²) in [6.45, 7) is 4.18. The molecule has 0 saturated heterocycles. The molecule has 2 aromatic rings. The highest BCUT2D eigenvalue weighted by Crippen LogP contribution is 2.40. The minimum atomic E-state index is -0.131. The van der Waals surface area contributed by atoms with Crippen molar-refractivity contribution in [2.45, 2.75) is 32.6 Å². The first kappa shape index (κ1) is 20.5. The molecule has 4 rings (SSSR count). The topological polar surface area (TPSA) is 55.8 Å². The molecular weight excluding hydrogens is 378 g/mol. The summed E-state index contributed by atoms with van der Waals surface area (Å²) < 4.78 is 10.7. The Morgan fingerprint density at radius 3 is 2.80 bits per heavy atom. The summed E-state index contributed by atoms with van der Waals surface area (Å²) in [7, 11) is 0. The van der Waals surface area contributed by atoms with E-state index >= 15 is 0 Å². The Morgan fingerprint density at radius 2 is 2.00 bits per heavy atom. The van der Waals surface area contributed by atoms with Gasteiger partial charge in [0.25, 0.3) is 5.91 Å². The van der Waals surface area contributed by atoms with Gasteiger partial charge in [0.05, 0.1) is 19.1 Å². The summed E-state index contributed by atoms with van der Waals surface area (Å²) in [6, 6.07) is 16.0. The van der Waals surface area contributed by atoms with Gasteiger partial charge in [-0.2, -0.15) is 0 Å². The van der Waals surface area contributed by atoms with Gasteiger partial charge in [-0.15, -0.1) is 0 Å². The number of hydrogen-bond acceptors (Lipinski definition) is 4. The largest absolute Gasteiger partial charge is 0.493 e. The molecule has 5 nitrogen and oxygen atoms in total. The van der Waals surface area contributed by atoms with Crippen LogP contribution < -0.4 is 4.74 Å². The average Bonchev–Trinajstić information content (AvgIpc) is 3.38. The van der Waals surface area contributed by atoms with Gasteiger partial charge in [0.15, 0.2) is 0 Å². The van der Waals surface area contributed by atoms with Crippen molar-refractivity contribution in [3.8, 4) is 5.75 Å². The lowest BCUT2D eigenvalue weighted by molar-refractivity contribution is -0.145. The summed E-state index contributed by atoms with van der Waals surface area (Å²) in [4.78, 5) is 27.3. The smallest absolute Gasteiger partial charge is 0.309 e. The number of nitrogens with zero attached hydrogens (tertiary/aromatic N) is 1. The fraction of sp³-hybridized carbons (Fsp3) is 0.440. The molecular formula is C25H29NO4. The van der Waals surface area contributed by atoms with Gasteiger partial charge < -0.3 is 14.4 Å². The number of esters is 1. The first-order chi connectivity index (χ1) is 14.7. The second-order valence-corrected chi connectivity index (χ2v) is 8.12. The van der Waals surface area contributed by atoms with E-state index in [0.29, 0.717) is 31.9 Å². The van der Waals surface area contributed by atoms with E-state index in [2.05, 4.69) is 12.1 Å². The first-order valence-electron chi connectivity index (χ1n) is 10.9. The molecule has 1 fully saturated rings. The van der Waals surface area contributed by atoms with E-state index in [1.165, 1.54) is 5.56 Å². The molecule has 1 saturated carbocycles. The van der Waals surface area contributed by atoms with Crippen LogP contribution in [0.25, 0.3) is 0 Å². The van der Waals surface area contributed by atoms with Gasteiger partial charge >= 0.3 is 5.97 Å². The number of carbonyl (C=O) groups is 2. The van der Waals surface area contributed by atoms with Crippen molar-refractivity contribution in [2.24, 2.45) is 11.8 Å². The quantitative estimate of drug-likeness (QED) is 0.592. The summed E-state index contributed by atoms with van der Waals surface area (Å²) in [6.07, 6.45) is 3.46. The second kappa shape index (κ2) is 9.33. The number of hydrogen-bond donors (Lipinski definition) is 0. The number of amides is 1. The average molecular weight is 408 g/mol. The Morgan fingerprint density at radius 1 is 1.17 bits per heavy atom. The van der Waals surface area contributed by atoms with Crippen LogP contribution in [0.5, 0.6) is 5.75 Å². The molecule has 0 radical (unpaired) electrons. The second-order valence-electron chi connectivity index (χ2n) is 8.12. The number of benzene rings is 2. The fourth-order valence-electron chi connectivity index (χ4n) is 4.17. The lowest BCUT2D eigenvalue weighted by atomic mass is 10.1. The molecule has 1 heterocycles. The Kier molecular flexibility index (Phi) is 6.36. The number of ether oxygens (including phenoxy) is 2. The summed E-state index contributed by atoms with van der Waals surface area (Å²) >= 11 is 0. The first-order valence-corrected chi connectivity index (χ1v) is 10.9. The van der Waals surface area contributed by atoms with Gasteiger partial charge in [0, 0.05) is 25.1 Å². The van der Waals surface area contributed by atoms with Crippen LogP contribution in [0.3, 0.4) is 0 Å². The number of carbonyl (C=O) groups excluding carboxylic acids is 2. The predicted octanol–water partition coefficient (Wildman–Crippen LogP) is 3.90. The van der Waals surface area contributed by atoms with Crippen molar-refractivity contribution >= 4 is 11.9 Å². The van der Waals surface area contributed by atoms with Crippen molar-refractivity contribution in [3.63, 3.8) is 0 Å². The van der Waals surface area contributed by atoms with Gasteiger partial charge in [-0.05, 0) is 61.4 Å². The van der Waals surface area contributed by atoms with Crippen LogP contribution in [0, 0.1) is 11.8 Å². The van der Waals surface area contributed by atoms with Crippen molar-refractivity contribution in [2.75, 3.05) is 26.3 Å². The molecule has 2 atom stereocenters.